The van der Waals surface area contributed by atoms with Crippen molar-refractivity contribution in [1.82, 2.24) is 5.32 Å². The summed E-state index contributed by atoms with van der Waals surface area (Å²) in [7, 11) is 0. The van der Waals surface area contributed by atoms with E-state index >= 15 is 0 Å². The number of carbonyl (C=O) groups is 3. The van der Waals surface area contributed by atoms with E-state index in [2.05, 4.69) is 16.0 Å². The number of rotatable bonds is 7. The first kappa shape index (κ1) is 21.2. The van der Waals surface area contributed by atoms with Crippen molar-refractivity contribution in [3.63, 3.8) is 0 Å². The number of nitrogens with one attached hydrogen (secondary N) is 3. The number of hydrogen-bond acceptors (Lipinski definition) is 4. The Labute approximate surface area is 168 Å². The average molecular weight is 404 g/mol. The number of carbonyl (C=O) groups excluding carboxylic acids is 3. The molecule has 0 radical (unpaired) electrons. The second kappa shape index (κ2) is 10.3. The molecule has 0 aliphatic heterocycles. The fraction of sp³-hybridized carbons (Fsp3) is 0.250. The van der Waals surface area contributed by atoms with Gasteiger partial charge in [-0.25, -0.2) is 9.59 Å². The van der Waals surface area contributed by atoms with Crippen molar-refractivity contribution in [3.05, 3.63) is 59.6 Å². The lowest BCUT2D eigenvalue weighted by Crippen LogP contribution is -2.47. The summed E-state index contributed by atoms with van der Waals surface area (Å²) in [6.45, 7) is 3.03. The highest BCUT2D eigenvalue weighted by Gasteiger charge is 2.26. The SMILES string of the molecule is CC(C)[C@@H](NC(=O)Nc1ccccc1)C(=O)OCC(=O)Nc1ccccc1Cl. The Hall–Kier alpha value is -3.06. The van der Waals surface area contributed by atoms with E-state index in [9.17, 15) is 14.4 Å². The van der Waals surface area contributed by atoms with Crippen LogP contribution in [-0.4, -0.2) is 30.6 Å². The molecule has 0 aliphatic carbocycles. The van der Waals surface area contributed by atoms with Crippen LogP contribution in [0.15, 0.2) is 54.6 Å². The number of amides is 3. The molecule has 0 spiro atoms. The standard InChI is InChI=1S/C20H22ClN3O4/c1-13(2)18(24-20(27)22-14-8-4-3-5-9-14)19(26)28-12-17(25)23-16-11-7-6-10-15(16)21/h3-11,13,18H,12H2,1-2H3,(H,23,25)(H2,22,24,27)/t18-/m1/s1. The number of anilines is 2. The third-order valence-corrected chi connectivity index (χ3v) is 4.06. The van der Waals surface area contributed by atoms with Gasteiger partial charge in [0.1, 0.15) is 6.04 Å². The number of para-hydroxylation sites is 2. The van der Waals surface area contributed by atoms with Crippen LogP contribution in [0.4, 0.5) is 16.2 Å². The second-order valence-corrected chi connectivity index (χ2v) is 6.73. The Morgan fingerprint density at radius 1 is 0.964 bits per heavy atom. The molecule has 3 amide bonds. The number of esters is 1. The van der Waals surface area contributed by atoms with Gasteiger partial charge in [0.2, 0.25) is 0 Å². The number of urea groups is 1. The molecule has 2 aromatic carbocycles. The summed E-state index contributed by atoms with van der Waals surface area (Å²) in [5, 5.41) is 8.14. The van der Waals surface area contributed by atoms with E-state index < -0.39 is 30.6 Å². The van der Waals surface area contributed by atoms with Gasteiger partial charge >= 0.3 is 12.0 Å². The van der Waals surface area contributed by atoms with E-state index in [-0.39, 0.29) is 5.92 Å². The minimum absolute atomic E-state index is 0.236. The Bertz CT molecular complexity index is 827. The normalized spacial score (nSPS) is 11.4. The van der Waals surface area contributed by atoms with Gasteiger partial charge in [-0.05, 0) is 30.2 Å². The Morgan fingerprint density at radius 2 is 1.61 bits per heavy atom. The van der Waals surface area contributed by atoms with Gasteiger partial charge in [0.15, 0.2) is 6.61 Å². The van der Waals surface area contributed by atoms with Crippen molar-refractivity contribution >= 4 is 40.9 Å². The highest BCUT2D eigenvalue weighted by Crippen LogP contribution is 2.20. The highest BCUT2D eigenvalue weighted by atomic mass is 35.5. The smallest absolute Gasteiger partial charge is 0.329 e. The maximum absolute atomic E-state index is 12.3. The van der Waals surface area contributed by atoms with Gasteiger partial charge in [-0.15, -0.1) is 0 Å². The van der Waals surface area contributed by atoms with Crippen LogP contribution < -0.4 is 16.0 Å². The Morgan fingerprint density at radius 3 is 2.25 bits per heavy atom. The van der Waals surface area contributed by atoms with Crippen LogP contribution in [0.1, 0.15) is 13.8 Å². The number of benzene rings is 2. The topological polar surface area (TPSA) is 96.5 Å². The summed E-state index contributed by atoms with van der Waals surface area (Å²) in [4.78, 5) is 36.4. The maximum Gasteiger partial charge on any atom is 0.329 e. The molecule has 1 atom stereocenters. The van der Waals surface area contributed by atoms with Gasteiger partial charge in [0.25, 0.3) is 5.91 Å². The van der Waals surface area contributed by atoms with Gasteiger partial charge in [-0.1, -0.05) is 55.8 Å². The van der Waals surface area contributed by atoms with Crippen LogP contribution >= 0.6 is 11.6 Å². The fourth-order valence-corrected chi connectivity index (χ4v) is 2.49. The summed E-state index contributed by atoms with van der Waals surface area (Å²) in [6.07, 6.45) is 0. The van der Waals surface area contributed by atoms with Crippen molar-refractivity contribution < 1.29 is 19.1 Å². The largest absolute Gasteiger partial charge is 0.454 e. The third kappa shape index (κ3) is 6.59. The van der Waals surface area contributed by atoms with E-state index in [0.29, 0.717) is 16.4 Å². The molecule has 28 heavy (non-hydrogen) atoms. The molecule has 2 rings (SSSR count). The summed E-state index contributed by atoms with van der Waals surface area (Å²) < 4.78 is 5.05. The monoisotopic (exact) mass is 403 g/mol. The predicted octanol–water partition coefficient (Wildman–Crippen LogP) is 3.67. The van der Waals surface area contributed by atoms with Gasteiger partial charge in [0, 0.05) is 5.69 Å². The summed E-state index contributed by atoms with van der Waals surface area (Å²) >= 11 is 5.97. The number of hydrogen-bond donors (Lipinski definition) is 3. The molecule has 0 bridgehead atoms. The molecule has 0 heterocycles. The molecule has 0 saturated heterocycles. The first-order valence-corrected chi connectivity index (χ1v) is 9.08. The quantitative estimate of drug-likeness (QED) is 0.614. The molecule has 0 fully saturated rings. The molecule has 3 N–H and O–H groups in total. The van der Waals surface area contributed by atoms with E-state index in [1.54, 1.807) is 62.4 Å². The molecule has 0 saturated carbocycles. The van der Waals surface area contributed by atoms with Crippen LogP contribution in [0.2, 0.25) is 5.02 Å². The van der Waals surface area contributed by atoms with E-state index in [4.69, 9.17) is 16.3 Å². The summed E-state index contributed by atoms with van der Waals surface area (Å²) in [5.74, 6) is -1.47. The molecule has 8 heteroatoms. The van der Waals surface area contributed by atoms with E-state index in [1.807, 2.05) is 6.07 Å². The lowest BCUT2D eigenvalue weighted by molar-refractivity contribution is -0.150. The van der Waals surface area contributed by atoms with Crippen molar-refractivity contribution in [2.75, 3.05) is 17.2 Å². The molecule has 0 aromatic heterocycles. The minimum atomic E-state index is -0.906. The minimum Gasteiger partial charge on any atom is -0.454 e. The molecule has 0 unspecified atom stereocenters. The molecule has 2 aromatic rings. The molecule has 7 nitrogen and oxygen atoms in total. The lowest BCUT2D eigenvalue weighted by Gasteiger charge is -2.21. The summed E-state index contributed by atoms with van der Waals surface area (Å²) in [5.41, 5.74) is 1.01. The highest BCUT2D eigenvalue weighted by molar-refractivity contribution is 6.33. The predicted molar refractivity (Wildman–Crippen MR) is 108 cm³/mol. The van der Waals surface area contributed by atoms with Gasteiger partial charge < -0.3 is 20.7 Å². The molecular weight excluding hydrogens is 382 g/mol. The zero-order chi connectivity index (χ0) is 20.5. The summed E-state index contributed by atoms with van der Waals surface area (Å²) in [6, 6.07) is 14.1. The van der Waals surface area contributed by atoms with Crippen LogP contribution in [0.25, 0.3) is 0 Å². The zero-order valence-corrected chi connectivity index (χ0v) is 16.3. The van der Waals surface area contributed by atoms with Crippen molar-refractivity contribution in [1.29, 1.82) is 0 Å². The van der Waals surface area contributed by atoms with Gasteiger partial charge in [-0.2, -0.15) is 0 Å². The first-order chi connectivity index (χ1) is 13.4. The van der Waals surface area contributed by atoms with Gasteiger partial charge in [0.05, 0.1) is 10.7 Å². The lowest BCUT2D eigenvalue weighted by atomic mass is 10.1. The first-order valence-electron chi connectivity index (χ1n) is 8.70. The van der Waals surface area contributed by atoms with Crippen molar-refractivity contribution in [3.8, 4) is 0 Å². The molecule has 148 valence electrons. The van der Waals surface area contributed by atoms with E-state index in [0.717, 1.165) is 0 Å². The molecular formula is C20H22ClN3O4. The van der Waals surface area contributed by atoms with Crippen molar-refractivity contribution in [2.45, 2.75) is 19.9 Å². The number of halogens is 1. The van der Waals surface area contributed by atoms with Crippen LogP contribution in [0.5, 0.6) is 0 Å². The average Bonchev–Trinajstić information content (AvgIpc) is 2.66. The van der Waals surface area contributed by atoms with Crippen LogP contribution in [0, 0.1) is 5.92 Å². The van der Waals surface area contributed by atoms with Gasteiger partial charge in [-0.3, -0.25) is 4.79 Å². The second-order valence-electron chi connectivity index (χ2n) is 6.32. The molecule has 0 aliphatic rings. The van der Waals surface area contributed by atoms with E-state index in [1.165, 1.54) is 0 Å². The Balaban J connectivity index is 1.87. The number of ether oxygens (including phenoxy) is 1. The van der Waals surface area contributed by atoms with Crippen LogP contribution in [-0.2, 0) is 14.3 Å². The zero-order valence-electron chi connectivity index (χ0n) is 15.6. The van der Waals surface area contributed by atoms with Crippen molar-refractivity contribution in [2.24, 2.45) is 5.92 Å². The fourth-order valence-electron chi connectivity index (χ4n) is 2.30. The van der Waals surface area contributed by atoms with Crippen LogP contribution in [0.3, 0.4) is 0 Å². The Kier molecular flexibility index (Phi) is 7.83. The maximum atomic E-state index is 12.3. The third-order valence-electron chi connectivity index (χ3n) is 3.73.